The number of aliphatic imine (C=N–C) groups is 1. The Kier molecular flexibility index (Phi) is 11.4. The zero-order chi connectivity index (χ0) is 19.5. The van der Waals surface area contributed by atoms with Crippen molar-refractivity contribution < 1.29 is 14.3 Å². The second-order valence-corrected chi connectivity index (χ2v) is 6.40. The van der Waals surface area contributed by atoms with Crippen LogP contribution in [0.25, 0.3) is 0 Å². The number of nitrogens with one attached hydrogen (secondary N) is 1. The van der Waals surface area contributed by atoms with Gasteiger partial charge in [-0.1, -0.05) is 18.1 Å². The molecule has 154 valence electrons. The number of ether oxygens (including phenoxy) is 2. The first kappa shape index (κ1) is 24.1. The molecule has 0 bridgehead atoms. The third kappa shape index (κ3) is 7.58. The minimum absolute atomic E-state index is 0. The number of piperidine rings is 1. The lowest BCUT2D eigenvalue weighted by molar-refractivity contribution is -0.149. The Labute approximate surface area is 185 Å². The van der Waals surface area contributed by atoms with Crippen molar-refractivity contribution in [1.29, 1.82) is 0 Å². The summed E-state index contributed by atoms with van der Waals surface area (Å²) in [6.07, 6.45) is 7.89. The van der Waals surface area contributed by atoms with E-state index in [9.17, 15) is 4.79 Å². The van der Waals surface area contributed by atoms with Crippen molar-refractivity contribution >= 4 is 35.9 Å². The van der Waals surface area contributed by atoms with Gasteiger partial charge in [-0.3, -0.25) is 9.79 Å². The van der Waals surface area contributed by atoms with Crippen molar-refractivity contribution in [3.63, 3.8) is 0 Å². The molecule has 1 atom stereocenters. The first-order chi connectivity index (χ1) is 13.2. The van der Waals surface area contributed by atoms with E-state index in [2.05, 4.69) is 21.1 Å². The summed E-state index contributed by atoms with van der Waals surface area (Å²) in [5, 5.41) is 3.39. The molecule has 1 aromatic carbocycles. The van der Waals surface area contributed by atoms with E-state index in [0.29, 0.717) is 13.2 Å². The van der Waals surface area contributed by atoms with Gasteiger partial charge in [0.15, 0.2) is 5.96 Å². The predicted octanol–water partition coefficient (Wildman–Crippen LogP) is 2.71. The number of carbonyl (C=O) groups excluding carboxylic acids is 1. The van der Waals surface area contributed by atoms with E-state index >= 15 is 0 Å². The van der Waals surface area contributed by atoms with Crippen LogP contribution in [0.15, 0.2) is 29.3 Å². The van der Waals surface area contributed by atoms with Crippen LogP contribution in [0.5, 0.6) is 5.75 Å². The second-order valence-electron chi connectivity index (χ2n) is 6.40. The molecule has 1 saturated heterocycles. The molecule has 0 spiro atoms. The molecule has 1 aromatic rings. The van der Waals surface area contributed by atoms with Gasteiger partial charge in [0.05, 0.1) is 12.5 Å². The van der Waals surface area contributed by atoms with Crippen LogP contribution >= 0.6 is 24.0 Å². The molecule has 2 rings (SSSR count). The minimum atomic E-state index is -0.107. The zero-order valence-electron chi connectivity index (χ0n) is 16.6. The molecule has 7 heteroatoms. The van der Waals surface area contributed by atoms with Gasteiger partial charge < -0.3 is 19.7 Å². The van der Waals surface area contributed by atoms with E-state index in [0.717, 1.165) is 44.1 Å². The third-order valence-electron chi connectivity index (χ3n) is 4.49. The molecule has 0 aromatic heterocycles. The average Bonchev–Trinajstić information content (AvgIpc) is 2.71. The molecule has 0 saturated carbocycles. The maximum absolute atomic E-state index is 12.0. The molecule has 0 aliphatic carbocycles. The van der Waals surface area contributed by atoms with E-state index in [1.165, 1.54) is 5.56 Å². The highest BCUT2D eigenvalue weighted by Gasteiger charge is 2.28. The largest absolute Gasteiger partial charge is 0.481 e. The molecule has 1 heterocycles. The molecule has 1 aliphatic rings. The van der Waals surface area contributed by atoms with Gasteiger partial charge in [-0.25, -0.2) is 0 Å². The van der Waals surface area contributed by atoms with Crippen LogP contribution in [0.2, 0.25) is 0 Å². The Hall–Kier alpha value is -1.95. The van der Waals surface area contributed by atoms with Crippen molar-refractivity contribution in [3.8, 4) is 18.1 Å². The van der Waals surface area contributed by atoms with Crippen LogP contribution in [0.1, 0.15) is 25.3 Å². The van der Waals surface area contributed by atoms with Crippen LogP contribution in [0.4, 0.5) is 0 Å². The van der Waals surface area contributed by atoms with Crippen molar-refractivity contribution in [2.24, 2.45) is 10.9 Å². The quantitative estimate of drug-likeness (QED) is 0.206. The standard InChI is InChI=1S/C21H29N3O3.HI/c1-4-15-27-19-10-8-17(9-11-19)12-13-23-21(22-3)24-14-6-7-18(16-24)20(25)26-5-2;/h1,8-11,18H,5-7,12-16H2,2-3H3,(H,22,23);1H/t18-;/m0./s1. The lowest BCUT2D eigenvalue weighted by atomic mass is 9.98. The van der Waals surface area contributed by atoms with E-state index in [4.69, 9.17) is 15.9 Å². The fourth-order valence-corrected chi connectivity index (χ4v) is 3.15. The summed E-state index contributed by atoms with van der Waals surface area (Å²) in [7, 11) is 1.77. The normalized spacial score (nSPS) is 16.5. The van der Waals surface area contributed by atoms with Gasteiger partial charge in [-0.05, 0) is 43.9 Å². The number of guanidine groups is 1. The molecule has 0 unspecified atom stereocenters. The van der Waals surface area contributed by atoms with Crippen molar-refractivity contribution in [1.82, 2.24) is 10.2 Å². The number of halogens is 1. The number of benzene rings is 1. The lowest BCUT2D eigenvalue weighted by Crippen LogP contribution is -2.48. The van der Waals surface area contributed by atoms with Gasteiger partial charge in [0.1, 0.15) is 12.4 Å². The summed E-state index contributed by atoms with van der Waals surface area (Å²) in [4.78, 5) is 18.5. The maximum atomic E-state index is 12.0. The smallest absolute Gasteiger partial charge is 0.310 e. The summed E-state index contributed by atoms with van der Waals surface area (Å²) in [6.45, 7) is 4.86. The van der Waals surface area contributed by atoms with Gasteiger partial charge in [-0.2, -0.15) is 0 Å². The Balaban J connectivity index is 0.00000392. The summed E-state index contributed by atoms with van der Waals surface area (Å²) in [6, 6.07) is 7.92. The summed E-state index contributed by atoms with van der Waals surface area (Å²) >= 11 is 0. The van der Waals surface area contributed by atoms with Crippen LogP contribution in [0.3, 0.4) is 0 Å². The average molecular weight is 499 g/mol. The number of terminal acetylenes is 1. The highest BCUT2D eigenvalue weighted by Crippen LogP contribution is 2.18. The number of rotatable bonds is 7. The first-order valence-electron chi connectivity index (χ1n) is 9.45. The molecule has 6 nitrogen and oxygen atoms in total. The summed E-state index contributed by atoms with van der Waals surface area (Å²) < 4.78 is 10.6. The van der Waals surface area contributed by atoms with Gasteiger partial charge in [0, 0.05) is 26.7 Å². The number of likely N-dealkylation sites (tertiary alicyclic amines) is 1. The number of carbonyl (C=O) groups is 1. The molecule has 0 amide bonds. The Morgan fingerprint density at radius 1 is 1.39 bits per heavy atom. The highest BCUT2D eigenvalue weighted by atomic mass is 127. The van der Waals surface area contributed by atoms with E-state index in [1.54, 1.807) is 7.05 Å². The van der Waals surface area contributed by atoms with Gasteiger partial charge in [0.2, 0.25) is 0 Å². The Morgan fingerprint density at radius 3 is 2.79 bits per heavy atom. The SMILES string of the molecule is C#CCOc1ccc(CCNC(=NC)N2CCC[C@H](C(=O)OCC)C2)cc1.I. The molecule has 1 N–H and O–H groups in total. The fourth-order valence-electron chi connectivity index (χ4n) is 3.15. The highest BCUT2D eigenvalue weighted by molar-refractivity contribution is 14.0. The number of hydrogen-bond acceptors (Lipinski definition) is 4. The zero-order valence-corrected chi connectivity index (χ0v) is 19.0. The number of nitrogens with zero attached hydrogens (tertiary/aromatic N) is 2. The fraction of sp³-hybridized carbons (Fsp3) is 0.524. The van der Waals surface area contributed by atoms with E-state index in [1.807, 2.05) is 31.2 Å². The Morgan fingerprint density at radius 2 is 2.14 bits per heavy atom. The molecule has 1 fully saturated rings. The van der Waals surface area contributed by atoms with Crippen LogP contribution < -0.4 is 10.1 Å². The van der Waals surface area contributed by atoms with Gasteiger partial charge >= 0.3 is 5.97 Å². The first-order valence-corrected chi connectivity index (χ1v) is 9.45. The second kappa shape index (κ2) is 13.3. The van der Waals surface area contributed by atoms with Crippen molar-refractivity contribution in [3.05, 3.63) is 29.8 Å². The van der Waals surface area contributed by atoms with Crippen molar-refractivity contribution in [2.45, 2.75) is 26.2 Å². The van der Waals surface area contributed by atoms with Crippen LogP contribution in [0, 0.1) is 18.3 Å². The van der Waals surface area contributed by atoms with Gasteiger partial charge in [0.25, 0.3) is 0 Å². The summed E-state index contributed by atoms with van der Waals surface area (Å²) in [5.74, 6) is 3.88. The third-order valence-corrected chi connectivity index (χ3v) is 4.49. The molecular formula is C21H30IN3O3. The Bertz CT molecular complexity index is 670. The molecule has 28 heavy (non-hydrogen) atoms. The van der Waals surface area contributed by atoms with E-state index < -0.39 is 0 Å². The molecule has 1 aliphatic heterocycles. The lowest BCUT2D eigenvalue weighted by Gasteiger charge is -2.34. The predicted molar refractivity (Wildman–Crippen MR) is 122 cm³/mol. The molecule has 0 radical (unpaired) electrons. The summed E-state index contributed by atoms with van der Waals surface area (Å²) in [5.41, 5.74) is 1.20. The van der Waals surface area contributed by atoms with Gasteiger partial charge in [-0.15, -0.1) is 30.4 Å². The van der Waals surface area contributed by atoms with Crippen molar-refractivity contribution in [2.75, 3.05) is 39.9 Å². The minimum Gasteiger partial charge on any atom is -0.481 e. The maximum Gasteiger partial charge on any atom is 0.310 e. The monoisotopic (exact) mass is 499 g/mol. The number of hydrogen-bond donors (Lipinski definition) is 1. The van der Waals surface area contributed by atoms with Crippen LogP contribution in [-0.4, -0.2) is 56.7 Å². The van der Waals surface area contributed by atoms with Crippen LogP contribution in [-0.2, 0) is 16.0 Å². The topological polar surface area (TPSA) is 63.2 Å². The molecular weight excluding hydrogens is 469 g/mol. The van der Waals surface area contributed by atoms with E-state index in [-0.39, 0.29) is 42.5 Å². The number of esters is 1.